The fraction of sp³-hybridized carbons (Fsp3) is 0.214. The van der Waals surface area contributed by atoms with E-state index in [1.807, 2.05) is 74.6 Å². The van der Waals surface area contributed by atoms with Crippen molar-refractivity contribution in [2.75, 3.05) is 11.6 Å². The van der Waals surface area contributed by atoms with Crippen molar-refractivity contribution in [3.8, 4) is 5.69 Å². The number of nitrogens with two attached hydrogens (primary N) is 1. The summed E-state index contributed by atoms with van der Waals surface area (Å²) in [5.41, 5.74) is 12.9. The molecule has 11 heteroatoms. The molecule has 2 amide bonds. The lowest BCUT2D eigenvalue weighted by Crippen LogP contribution is -2.41. The Labute approximate surface area is 225 Å². The monoisotopic (exact) mass is 524 g/mol. The summed E-state index contributed by atoms with van der Waals surface area (Å²) in [4.78, 5) is 33.7. The van der Waals surface area contributed by atoms with Crippen molar-refractivity contribution in [3.05, 3.63) is 108 Å². The minimum atomic E-state index is -0.691. The highest BCUT2D eigenvalue weighted by Gasteiger charge is 2.40. The predicted molar refractivity (Wildman–Crippen MR) is 144 cm³/mol. The SMILES string of the molecule is CC(C)n1cc(-n2nc(C(N)=O)c3c2C(=O)N(Cc2ccccc2)CC3c2cccc(N3C=CON3)c2)cn1. The minimum absolute atomic E-state index is 0.0768. The summed E-state index contributed by atoms with van der Waals surface area (Å²) in [6.07, 6.45) is 6.75. The van der Waals surface area contributed by atoms with Gasteiger partial charge in [-0.25, -0.2) is 9.69 Å². The van der Waals surface area contributed by atoms with Gasteiger partial charge >= 0.3 is 0 Å². The van der Waals surface area contributed by atoms with E-state index in [4.69, 9.17) is 10.6 Å². The fourth-order valence-corrected chi connectivity index (χ4v) is 5.05. The molecule has 1 unspecified atom stereocenters. The van der Waals surface area contributed by atoms with Gasteiger partial charge in [0.1, 0.15) is 17.6 Å². The van der Waals surface area contributed by atoms with Gasteiger partial charge in [0, 0.05) is 30.6 Å². The molecule has 1 atom stereocenters. The first-order valence-corrected chi connectivity index (χ1v) is 12.7. The van der Waals surface area contributed by atoms with Crippen LogP contribution < -0.4 is 16.3 Å². The lowest BCUT2D eigenvalue weighted by molar-refractivity contribution is 0.0706. The summed E-state index contributed by atoms with van der Waals surface area (Å²) in [5, 5.41) is 10.7. The molecule has 2 aliphatic heterocycles. The zero-order chi connectivity index (χ0) is 27.1. The van der Waals surface area contributed by atoms with Crippen LogP contribution in [-0.2, 0) is 11.4 Å². The van der Waals surface area contributed by atoms with E-state index in [0.717, 1.165) is 16.8 Å². The summed E-state index contributed by atoms with van der Waals surface area (Å²) in [5.74, 6) is -1.27. The number of fused-ring (bicyclic) bond motifs is 1. The van der Waals surface area contributed by atoms with Gasteiger partial charge in [-0.15, -0.1) is 0 Å². The van der Waals surface area contributed by atoms with Gasteiger partial charge in [0.2, 0.25) is 0 Å². The Bertz CT molecular complexity index is 1570. The normalized spacial score (nSPS) is 16.6. The highest BCUT2D eigenvalue weighted by Crippen LogP contribution is 2.38. The zero-order valence-corrected chi connectivity index (χ0v) is 21.6. The van der Waals surface area contributed by atoms with E-state index in [1.165, 1.54) is 10.9 Å². The van der Waals surface area contributed by atoms with Crippen molar-refractivity contribution in [2.45, 2.75) is 32.4 Å². The first kappa shape index (κ1) is 24.4. The molecule has 0 saturated carbocycles. The predicted octanol–water partition coefficient (Wildman–Crippen LogP) is 3.26. The van der Waals surface area contributed by atoms with Gasteiger partial charge in [-0.05, 0) is 37.1 Å². The summed E-state index contributed by atoms with van der Waals surface area (Å²) >= 11 is 0. The first-order chi connectivity index (χ1) is 18.9. The molecule has 0 saturated heterocycles. The number of nitrogens with one attached hydrogen (secondary N) is 1. The maximum absolute atomic E-state index is 14.1. The molecule has 0 bridgehead atoms. The Balaban J connectivity index is 1.52. The van der Waals surface area contributed by atoms with Crippen LogP contribution in [0.1, 0.15) is 63.5 Å². The smallest absolute Gasteiger partial charge is 0.273 e. The van der Waals surface area contributed by atoms with Crippen molar-refractivity contribution in [1.82, 2.24) is 30.0 Å². The highest BCUT2D eigenvalue weighted by molar-refractivity contribution is 6.02. The van der Waals surface area contributed by atoms with Crippen molar-refractivity contribution < 1.29 is 14.4 Å². The molecule has 198 valence electrons. The van der Waals surface area contributed by atoms with Crippen LogP contribution >= 0.6 is 0 Å². The van der Waals surface area contributed by atoms with Crippen LogP contribution in [0.25, 0.3) is 5.69 Å². The second kappa shape index (κ2) is 9.76. The number of hydrazine groups is 1. The average molecular weight is 525 g/mol. The number of benzene rings is 2. The fourth-order valence-electron chi connectivity index (χ4n) is 5.05. The molecule has 0 fully saturated rings. The maximum atomic E-state index is 14.1. The van der Waals surface area contributed by atoms with Crippen LogP contribution in [0, 0.1) is 0 Å². The number of nitrogens with zero attached hydrogens (tertiary/aromatic N) is 6. The van der Waals surface area contributed by atoms with Crippen LogP contribution in [-0.4, -0.2) is 42.8 Å². The number of amides is 2. The highest BCUT2D eigenvalue weighted by atomic mass is 16.7. The molecule has 3 N–H and O–H groups in total. The van der Waals surface area contributed by atoms with Gasteiger partial charge in [-0.2, -0.15) is 10.2 Å². The second-order valence-electron chi connectivity index (χ2n) is 9.84. The lowest BCUT2D eigenvalue weighted by Gasteiger charge is -2.34. The van der Waals surface area contributed by atoms with Crippen molar-refractivity contribution in [2.24, 2.45) is 5.73 Å². The summed E-state index contributed by atoms with van der Waals surface area (Å²) in [7, 11) is 0. The number of hydrogen-bond acceptors (Lipinski definition) is 7. The Morgan fingerprint density at radius 1 is 1.15 bits per heavy atom. The molecular formula is C28H28N8O3. The van der Waals surface area contributed by atoms with E-state index in [1.54, 1.807) is 27.0 Å². The summed E-state index contributed by atoms with van der Waals surface area (Å²) < 4.78 is 3.29. The Hall–Kier alpha value is -4.90. The molecule has 11 nitrogen and oxygen atoms in total. The van der Waals surface area contributed by atoms with Gasteiger partial charge in [-0.3, -0.25) is 14.3 Å². The van der Waals surface area contributed by atoms with E-state index >= 15 is 0 Å². The number of aromatic nitrogens is 4. The summed E-state index contributed by atoms with van der Waals surface area (Å²) in [6, 6.07) is 17.8. The molecule has 0 radical (unpaired) electrons. The molecule has 6 rings (SSSR count). The topological polar surface area (TPSA) is 124 Å². The molecule has 0 spiro atoms. The number of carbonyl (C=O) groups excluding carboxylic acids is 2. The van der Waals surface area contributed by atoms with Crippen molar-refractivity contribution >= 4 is 17.5 Å². The third kappa shape index (κ3) is 4.42. The van der Waals surface area contributed by atoms with Crippen molar-refractivity contribution in [1.29, 1.82) is 0 Å². The maximum Gasteiger partial charge on any atom is 0.273 e. The van der Waals surface area contributed by atoms with Gasteiger partial charge < -0.3 is 15.5 Å². The molecule has 0 aliphatic carbocycles. The van der Waals surface area contributed by atoms with E-state index in [2.05, 4.69) is 15.8 Å². The Morgan fingerprint density at radius 3 is 2.67 bits per heavy atom. The average Bonchev–Trinajstić information content (AvgIpc) is 3.71. The summed E-state index contributed by atoms with van der Waals surface area (Å²) in [6.45, 7) is 4.77. The van der Waals surface area contributed by atoms with E-state index in [9.17, 15) is 9.59 Å². The van der Waals surface area contributed by atoms with Crippen LogP contribution in [0.4, 0.5) is 5.69 Å². The van der Waals surface area contributed by atoms with Crippen molar-refractivity contribution in [3.63, 3.8) is 0 Å². The van der Waals surface area contributed by atoms with E-state index < -0.39 is 5.91 Å². The number of anilines is 1. The first-order valence-electron chi connectivity index (χ1n) is 12.7. The number of hydrogen-bond donors (Lipinski definition) is 2. The van der Waals surface area contributed by atoms with Crippen LogP contribution in [0.15, 0.2) is 79.5 Å². The van der Waals surface area contributed by atoms with E-state index in [-0.39, 0.29) is 23.6 Å². The minimum Gasteiger partial charge on any atom is -0.395 e. The molecule has 2 aliphatic rings. The molecule has 4 heterocycles. The lowest BCUT2D eigenvalue weighted by atomic mass is 9.85. The molecule has 2 aromatic carbocycles. The third-order valence-corrected chi connectivity index (χ3v) is 6.95. The van der Waals surface area contributed by atoms with Crippen LogP contribution in [0.2, 0.25) is 0 Å². The standard InChI is InChI=1S/C28H28N8O3/c1-18(2)35-16-22(14-30-35)36-26-24(25(31-36)27(29)37)23(17-33(28(26)38)15-19-7-4-3-5-8-19)20-9-6-10-21(13-20)34-11-12-39-32-34/h3-14,16,18,23,32H,15,17H2,1-2H3,(H2,29,37). The van der Waals surface area contributed by atoms with Gasteiger partial charge in [0.05, 0.1) is 24.3 Å². The van der Waals surface area contributed by atoms with Crippen LogP contribution in [0.5, 0.6) is 0 Å². The number of primary amides is 1. The largest absolute Gasteiger partial charge is 0.395 e. The van der Waals surface area contributed by atoms with E-state index in [0.29, 0.717) is 30.0 Å². The molecule has 39 heavy (non-hydrogen) atoms. The Morgan fingerprint density at radius 2 is 1.97 bits per heavy atom. The van der Waals surface area contributed by atoms with Crippen LogP contribution in [0.3, 0.4) is 0 Å². The Kier molecular flexibility index (Phi) is 6.12. The van der Waals surface area contributed by atoms with Gasteiger partial charge in [0.15, 0.2) is 5.69 Å². The molecule has 4 aromatic rings. The molecule has 2 aromatic heterocycles. The zero-order valence-electron chi connectivity index (χ0n) is 21.6. The van der Waals surface area contributed by atoms with Gasteiger partial charge in [-0.1, -0.05) is 48.1 Å². The second-order valence-corrected chi connectivity index (χ2v) is 9.84. The quantitative estimate of drug-likeness (QED) is 0.380. The van der Waals surface area contributed by atoms with Gasteiger partial charge in [0.25, 0.3) is 11.8 Å². The number of rotatable bonds is 7. The molecular weight excluding hydrogens is 496 g/mol. The number of carbonyl (C=O) groups is 2. The third-order valence-electron chi connectivity index (χ3n) is 6.95.